The first-order valence-corrected chi connectivity index (χ1v) is 10.1. The zero-order chi connectivity index (χ0) is 23.5. The number of hydrogen-bond donors (Lipinski definition) is 1. The summed E-state index contributed by atoms with van der Waals surface area (Å²) in [7, 11) is 1.44. The molecule has 0 unspecified atom stereocenters. The van der Waals surface area contributed by atoms with Crippen molar-refractivity contribution in [2.75, 3.05) is 19.0 Å². The van der Waals surface area contributed by atoms with Gasteiger partial charge in [-0.1, -0.05) is 30.3 Å². The number of benzene rings is 3. The molecule has 3 aromatic carbocycles. The lowest BCUT2D eigenvalue weighted by atomic mass is 10.0. The monoisotopic (exact) mass is 452 g/mol. The minimum Gasteiger partial charge on any atom is -0.496 e. The van der Waals surface area contributed by atoms with E-state index >= 15 is 0 Å². The van der Waals surface area contributed by atoms with Gasteiger partial charge in [0.05, 0.1) is 12.7 Å². The summed E-state index contributed by atoms with van der Waals surface area (Å²) in [4.78, 5) is 27.6. The van der Waals surface area contributed by atoms with Crippen LogP contribution in [0.1, 0.15) is 11.1 Å². The average molecular weight is 452 g/mol. The van der Waals surface area contributed by atoms with Crippen molar-refractivity contribution in [1.82, 2.24) is 4.90 Å². The standard InChI is InChI=1S/C25H19F3N2O3/c1-33-21-5-3-2-4-18(21)22-23(29-17-10-11-19(27)20(28)14-17)25(32)30(24(22)31)13-12-15-6-8-16(26)9-7-15/h2-11,14,29H,12-13H2,1H3. The number of halogens is 3. The largest absolute Gasteiger partial charge is 0.496 e. The quantitative estimate of drug-likeness (QED) is 0.535. The molecule has 2 amide bonds. The molecule has 0 atom stereocenters. The number of methoxy groups -OCH3 is 1. The Morgan fingerprint density at radius 2 is 1.61 bits per heavy atom. The van der Waals surface area contributed by atoms with Crippen molar-refractivity contribution in [3.05, 3.63) is 101 Å². The molecule has 33 heavy (non-hydrogen) atoms. The molecule has 1 aliphatic rings. The van der Waals surface area contributed by atoms with Gasteiger partial charge in [0.25, 0.3) is 11.8 Å². The van der Waals surface area contributed by atoms with Crippen molar-refractivity contribution in [3.63, 3.8) is 0 Å². The average Bonchev–Trinajstić information content (AvgIpc) is 3.04. The Bertz CT molecular complexity index is 1260. The van der Waals surface area contributed by atoms with E-state index in [0.29, 0.717) is 17.7 Å². The molecular weight excluding hydrogens is 433 g/mol. The van der Waals surface area contributed by atoms with E-state index < -0.39 is 23.4 Å². The summed E-state index contributed by atoms with van der Waals surface area (Å²) in [5, 5.41) is 2.78. The van der Waals surface area contributed by atoms with Crippen LogP contribution in [0.5, 0.6) is 5.75 Å². The van der Waals surface area contributed by atoms with Gasteiger partial charge in [0.2, 0.25) is 0 Å². The first-order valence-electron chi connectivity index (χ1n) is 10.1. The molecule has 8 heteroatoms. The van der Waals surface area contributed by atoms with E-state index in [2.05, 4.69) is 5.32 Å². The van der Waals surface area contributed by atoms with Gasteiger partial charge < -0.3 is 10.1 Å². The smallest absolute Gasteiger partial charge is 0.278 e. The van der Waals surface area contributed by atoms with Crippen LogP contribution in [0.15, 0.2) is 72.4 Å². The number of anilines is 1. The van der Waals surface area contributed by atoms with Crippen LogP contribution in [-0.4, -0.2) is 30.4 Å². The van der Waals surface area contributed by atoms with Crippen LogP contribution in [0.25, 0.3) is 5.57 Å². The van der Waals surface area contributed by atoms with E-state index in [4.69, 9.17) is 4.74 Å². The number of rotatable bonds is 7. The third kappa shape index (κ3) is 4.45. The number of hydrogen-bond acceptors (Lipinski definition) is 4. The number of amides is 2. The lowest BCUT2D eigenvalue weighted by Crippen LogP contribution is -2.34. The van der Waals surface area contributed by atoms with Crippen LogP contribution in [-0.2, 0) is 16.0 Å². The van der Waals surface area contributed by atoms with Gasteiger partial charge in [0.1, 0.15) is 17.3 Å². The molecule has 0 saturated carbocycles. The summed E-state index contributed by atoms with van der Waals surface area (Å²) in [5.41, 5.74) is 1.22. The summed E-state index contributed by atoms with van der Waals surface area (Å²) < 4.78 is 45.6. The molecule has 0 spiro atoms. The summed E-state index contributed by atoms with van der Waals surface area (Å²) in [6.45, 7) is 0.0465. The van der Waals surface area contributed by atoms with Crippen molar-refractivity contribution < 1.29 is 27.5 Å². The van der Waals surface area contributed by atoms with Crippen molar-refractivity contribution >= 4 is 23.1 Å². The normalized spacial score (nSPS) is 13.6. The zero-order valence-corrected chi connectivity index (χ0v) is 17.6. The molecule has 3 aromatic rings. The summed E-state index contributed by atoms with van der Waals surface area (Å²) in [6, 6.07) is 15.6. The first kappa shape index (κ1) is 22.1. The van der Waals surface area contributed by atoms with Crippen LogP contribution in [0.2, 0.25) is 0 Å². The van der Waals surface area contributed by atoms with Crippen LogP contribution in [0.3, 0.4) is 0 Å². The molecule has 0 aliphatic carbocycles. The Kier molecular flexibility index (Phi) is 6.17. The van der Waals surface area contributed by atoms with Gasteiger partial charge in [-0.2, -0.15) is 0 Å². The Balaban J connectivity index is 1.70. The highest BCUT2D eigenvalue weighted by Gasteiger charge is 2.40. The van der Waals surface area contributed by atoms with E-state index in [-0.39, 0.29) is 29.3 Å². The predicted molar refractivity (Wildman–Crippen MR) is 117 cm³/mol. The Hall–Kier alpha value is -4.07. The van der Waals surface area contributed by atoms with Gasteiger partial charge in [-0.25, -0.2) is 13.2 Å². The highest BCUT2D eigenvalue weighted by Crippen LogP contribution is 2.35. The second kappa shape index (κ2) is 9.20. The number of carbonyl (C=O) groups is 2. The van der Waals surface area contributed by atoms with Crippen molar-refractivity contribution in [3.8, 4) is 5.75 Å². The maximum Gasteiger partial charge on any atom is 0.278 e. The molecule has 5 nitrogen and oxygen atoms in total. The van der Waals surface area contributed by atoms with Crippen LogP contribution in [0, 0.1) is 17.5 Å². The van der Waals surface area contributed by atoms with E-state index in [1.54, 1.807) is 36.4 Å². The number of imide groups is 1. The first-order chi connectivity index (χ1) is 15.9. The Morgan fingerprint density at radius 1 is 0.879 bits per heavy atom. The third-order valence-corrected chi connectivity index (χ3v) is 5.27. The lowest BCUT2D eigenvalue weighted by Gasteiger charge is -2.15. The lowest BCUT2D eigenvalue weighted by molar-refractivity contribution is -0.136. The fourth-order valence-electron chi connectivity index (χ4n) is 3.61. The molecule has 0 fully saturated rings. The summed E-state index contributed by atoms with van der Waals surface area (Å²) in [6.07, 6.45) is 0.315. The van der Waals surface area contributed by atoms with Crippen molar-refractivity contribution in [2.24, 2.45) is 0 Å². The number of carbonyl (C=O) groups excluding carboxylic acids is 2. The molecule has 1 heterocycles. The van der Waals surface area contributed by atoms with Crippen molar-refractivity contribution in [1.29, 1.82) is 0 Å². The van der Waals surface area contributed by atoms with Crippen LogP contribution < -0.4 is 10.1 Å². The van der Waals surface area contributed by atoms with Gasteiger partial charge >= 0.3 is 0 Å². The van der Waals surface area contributed by atoms with Gasteiger partial charge in [-0.3, -0.25) is 14.5 Å². The zero-order valence-electron chi connectivity index (χ0n) is 17.6. The van der Waals surface area contributed by atoms with Gasteiger partial charge in [-0.15, -0.1) is 0 Å². The predicted octanol–water partition coefficient (Wildman–Crippen LogP) is 4.55. The summed E-state index contributed by atoms with van der Waals surface area (Å²) >= 11 is 0. The van der Waals surface area contributed by atoms with Crippen LogP contribution in [0.4, 0.5) is 18.9 Å². The second-order valence-corrected chi connectivity index (χ2v) is 7.34. The molecule has 168 valence electrons. The van der Waals surface area contributed by atoms with Gasteiger partial charge in [0, 0.05) is 23.9 Å². The molecule has 0 bridgehead atoms. The molecular formula is C25H19F3N2O3. The van der Waals surface area contributed by atoms with E-state index in [1.165, 1.54) is 25.3 Å². The number of nitrogens with zero attached hydrogens (tertiary/aromatic N) is 1. The maximum absolute atomic E-state index is 13.7. The molecule has 4 rings (SSSR count). The van der Waals surface area contributed by atoms with Gasteiger partial charge in [0.15, 0.2) is 11.6 Å². The van der Waals surface area contributed by atoms with E-state index in [0.717, 1.165) is 22.6 Å². The number of para-hydroxylation sites is 1. The molecule has 0 saturated heterocycles. The number of ether oxygens (including phenoxy) is 1. The second-order valence-electron chi connectivity index (χ2n) is 7.34. The topological polar surface area (TPSA) is 58.6 Å². The minimum absolute atomic E-state index is 0.0465. The summed E-state index contributed by atoms with van der Waals surface area (Å²) in [5.74, 6) is -3.31. The van der Waals surface area contributed by atoms with E-state index in [9.17, 15) is 22.8 Å². The maximum atomic E-state index is 13.7. The molecule has 0 aromatic heterocycles. The fraction of sp³-hybridized carbons (Fsp3) is 0.120. The molecule has 1 aliphatic heterocycles. The number of nitrogens with one attached hydrogen (secondary N) is 1. The van der Waals surface area contributed by atoms with Crippen molar-refractivity contribution in [2.45, 2.75) is 6.42 Å². The Morgan fingerprint density at radius 3 is 2.30 bits per heavy atom. The molecule has 1 N–H and O–H groups in total. The SMILES string of the molecule is COc1ccccc1C1=C(Nc2ccc(F)c(F)c2)C(=O)N(CCc2ccc(F)cc2)C1=O. The van der Waals surface area contributed by atoms with Crippen LogP contribution >= 0.6 is 0 Å². The third-order valence-electron chi connectivity index (χ3n) is 5.27. The minimum atomic E-state index is -1.09. The Labute approximate surface area is 188 Å². The molecule has 0 radical (unpaired) electrons. The fourth-order valence-corrected chi connectivity index (χ4v) is 3.61. The van der Waals surface area contributed by atoms with E-state index in [1.807, 2.05) is 0 Å². The van der Waals surface area contributed by atoms with Gasteiger partial charge in [-0.05, 0) is 42.3 Å². The highest BCUT2D eigenvalue weighted by molar-refractivity contribution is 6.37. The highest BCUT2D eigenvalue weighted by atomic mass is 19.2.